The zero-order chi connectivity index (χ0) is 11.8. The molecule has 0 spiro atoms. The fourth-order valence-electron chi connectivity index (χ4n) is 0.867. The summed E-state index contributed by atoms with van der Waals surface area (Å²) in [6, 6.07) is -0.708. The summed E-state index contributed by atoms with van der Waals surface area (Å²) in [5, 5.41) is 2.39. The minimum Gasteiger partial charge on any atom is -0.469 e. The van der Waals surface area contributed by atoms with Crippen molar-refractivity contribution in [2.24, 2.45) is 0 Å². The van der Waals surface area contributed by atoms with Crippen molar-refractivity contribution in [1.29, 1.82) is 0 Å². The van der Waals surface area contributed by atoms with Crippen LogP contribution in [0, 0.1) is 0 Å². The van der Waals surface area contributed by atoms with Gasteiger partial charge in [0, 0.05) is 6.42 Å². The Bertz CT molecular complexity index is 251. The van der Waals surface area contributed by atoms with Gasteiger partial charge in [0.05, 0.1) is 20.6 Å². The molecule has 0 saturated heterocycles. The third-order valence-corrected chi connectivity index (χ3v) is 1.72. The smallest absolute Gasteiger partial charge is 0.328 e. The van der Waals surface area contributed by atoms with Crippen molar-refractivity contribution < 1.29 is 23.9 Å². The Morgan fingerprint density at radius 3 is 2.20 bits per heavy atom. The molecule has 0 aromatic carbocycles. The van der Waals surface area contributed by atoms with Gasteiger partial charge in [-0.2, -0.15) is 0 Å². The molecule has 0 rings (SSSR count). The second-order valence-electron chi connectivity index (χ2n) is 2.89. The Hall–Kier alpha value is -1.59. The molecule has 0 aliphatic carbocycles. The lowest BCUT2D eigenvalue weighted by molar-refractivity contribution is -0.145. The van der Waals surface area contributed by atoms with Crippen LogP contribution in [0.25, 0.3) is 0 Å². The van der Waals surface area contributed by atoms with Crippen LogP contribution in [-0.2, 0) is 23.9 Å². The molecular weight excluding hydrogens is 202 g/mol. The number of ether oxygens (including phenoxy) is 2. The summed E-state index contributed by atoms with van der Waals surface area (Å²) in [6.45, 7) is 1.50. The molecular formula is C9H15NO5. The molecule has 0 aromatic rings. The van der Waals surface area contributed by atoms with Gasteiger partial charge in [0.2, 0.25) is 5.91 Å². The number of rotatable bonds is 5. The molecule has 0 aliphatic rings. The van der Waals surface area contributed by atoms with E-state index in [-0.39, 0.29) is 12.8 Å². The average Bonchev–Trinajstić information content (AvgIpc) is 2.24. The Morgan fingerprint density at radius 1 is 1.13 bits per heavy atom. The van der Waals surface area contributed by atoms with Gasteiger partial charge in [-0.1, -0.05) is 0 Å². The number of amides is 1. The van der Waals surface area contributed by atoms with E-state index in [0.717, 1.165) is 0 Å². The first-order valence-electron chi connectivity index (χ1n) is 4.45. The highest BCUT2D eigenvalue weighted by atomic mass is 16.5. The zero-order valence-electron chi connectivity index (χ0n) is 9.03. The number of carbonyl (C=O) groups excluding carboxylic acids is 3. The van der Waals surface area contributed by atoms with Gasteiger partial charge in [0.15, 0.2) is 0 Å². The van der Waals surface area contributed by atoms with Crippen LogP contribution in [0.4, 0.5) is 0 Å². The van der Waals surface area contributed by atoms with E-state index in [1.165, 1.54) is 21.1 Å². The summed E-state index contributed by atoms with van der Waals surface area (Å²) in [5.74, 6) is -1.38. The predicted molar refractivity (Wildman–Crippen MR) is 50.9 cm³/mol. The van der Waals surface area contributed by atoms with Gasteiger partial charge in [0.25, 0.3) is 0 Å². The standard InChI is InChI=1S/C9H15NO5/c1-6(9(13)15-3)10-7(11)4-5-8(12)14-2/h6H,4-5H2,1-3H3,(H,10,11)/t6-/m0/s1. The van der Waals surface area contributed by atoms with Gasteiger partial charge in [-0.15, -0.1) is 0 Å². The number of methoxy groups -OCH3 is 2. The summed E-state index contributed by atoms with van der Waals surface area (Å²) >= 11 is 0. The molecule has 6 nitrogen and oxygen atoms in total. The van der Waals surface area contributed by atoms with Crippen molar-refractivity contribution >= 4 is 17.8 Å². The largest absolute Gasteiger partial charge is 0.469 e. The van der Waals surface area contributed by atoms with E-state index in [0.29, 0.717) is 0 Å². The molecule has 1 N–H and O–H groups in total. The summed E-state index contributed by atoms with van der Waals surface area (Å²) in [6.07, 6.45) is -0.00969. The first-order chi connectivity index (χ1) is 7.01. The number of hydrogen-bond acceptors (Lipinski definition) is 5. The summed E-state index contributed by atoms with van der Waals surface area (Å²) < 4.78 is 8.78. The van der Waals surface area contributed by atoms with Gasteiger partial charge >= 0.3 is 11.9 Å². The van der Waals surface area contributed by atoms with Crippen LogP contribution in [0.1, 0.15) is 19.8 Å². The SMILES string of the molecule is COC(=O)CCC(=O)N[C@@H](C)C(=O)OC. The highest BCUT2D eigenvalue weighted by Gasteiger charge is 2.16. The molecule has 1 amide bonds. The van der Waals surface area contributed by atoms with Crippen molar-refractivity contribution in [3.63, 3.8) is 0 Å². The quantitative estimate of drug-likeness (QED) is 0.635. The lowest BCUT2D eigenvalue weighted by Gasteiger charge is -2.10. The molecule has 1 atom stereocenters. The number of nitrogens with one attached hydrogen (secondary N) is 1. The Morgan fingerprint density at radius 2 is 1.73 bits per heavy atom. The maximum absolute atomic E-state index is 11.2. The summed E-state index contributed by atoms with van der Waals surface area (Å²) in [7, 11) is 2.48. The number of esters is 2. The van der Waals surface area contributed by atoms with Gasteiger partial charge in [0.1, 0.15) is 6.04 Å². The van der Waals surface area contributed by atoms with Crippen LogP contribution in [0.3, 0.4) is 0 Å². The molecule has 15 heavy (non-hydrogen) atoms. The molecule has 0 unspecified atom stereocenters. The van der Waals surface area contributed by atoms with Crippen molar-refractivity contribution in [2.45, 2.75) is 25.8 Å². The second-order valence-corrected chi connectivity index (χ2v) is 2.89. The molecule has 0 heterocycles. The highest BCUT2D eigenvalue weighted by molar-refractivity contribution is 5.86. The predicted octanol–water partition coefficient (Wildman–Crippen LogP) is -0.383. The summed E-state index contributed by atoms with van der Waals surface area (Å²) in [5.41, 5.74) is 0. The molecule has 0 aromatic heterocycles. The van der Waals surface area contributed by atoms with Gasteiger partial charge in [-0.25, -0.2) is 4.79 Å². The van der Waals surface area contributed by atoms with E-state index in [9.17, 15) is 14.4 Å². The molecule has 6 heteroatoms. The summed E-state index contributed by atoms with van der Waals surface area (Å²) in [4.78, 5) is 32.8. The molecule has 0 fully saturated rings. The molecule has 0 saturated carbocycles. The fourth-order valence-corrected chi connectivity index (χ4v) is 0.867. The molecule has 0 aliphatic heterocycles. The van der Waals surface area contributed by atoms with Crippen molar-refractivity contribution in [2.75, 3.05) is 14.2 Å². The van der Waals surface area contributed by atoms with Crippen LogP contribution in [0.15, 0.2) is 0 Å². The van der Waals surface area contributed by atoms with Crippen LogP contribution in [-0.4, -0.2) is 38.1 Å². The number of hydrogen-bond donors (Lipinski definition) is 1. The second kappa shape index (κ2) is 6.80. The average molecular weight is 217 g/mol. The Balaban J connectivity index is 3.83. The van der Waals surface area contributed by atoms with E-state index in [1.54, 1.807) is 0 Å². The van der Waals surface area contributed by atoms with E-state index in [4.69, 9.17) is 0 Å². The van der Waals surface area contributed by atoms with Gasteiger partial charge in [-0.05, 0) is 6.92 Å². The minimum atomic E-state index is -0.708. The Labute approximate surface area is 87.9 Å². The van der Waals surface area contributed by atoms with Crippen molar-refractivity contribution in [3.05, 3.63) is 0 Å². The van der Waals surface area contributed by atoms with Crippen LogP contribution < -0.4 is 5.32 Å². The highest BCUT2D eigenvalue weighted by Crippen LogP contribution is 1.94. The lowest BCUT2D eigenvalue weighted by Crippen LogP contribution is -2.39. The van der Waals surface area contributed by atoms with E-state index in [2.05, 4.69) is 14.8 Å². The van der Waals surface area contributed by atoms with Gasteiger partial charge in [-0.3, -0.25) is 9.59 Å². The first kappa shape index (κ1) is 13.4. The number of carbonyl (C=O) groups is 3. The normalized spacial score (nSPS) is 11.4. The topological polar surface area (TPSA) is 81.7 Å². The minimum absolute atomic E-state index is 0.00374. The van der Waals surface area contributed by atoms with Crippen molar-refractivity contribution in [1.82, 2.24) is 5.32 Å². The van der Waals surface area contributed by atoms with E-state index < -0.39 is 23.9 Å². The van der Waals surface area contributed by atoms with Gasteiger partial charge < -0.3 is 14.8 Å². The molecule has 0 radical (unpaired) electrons. The maximum atomic E-state index is 11.2. The monoisotopic (exact) mass is 217 g/mol. The zero-order valence-corrected chi connectivity index (χ0v) is 9.03. The lowest BCUT2D eigenvalue weighted by atomic mass is 10.2. The first-order valence-corrected chi connectivity index (χ1v) is 4.45. The van der Waals surface area contributed by atoms with Crippen LogP contribution >= 0.6 is 0 Å². The van der Waals surface area contributed by atoms with E-state index in [1.807, 2.05) is 0 Å². The third-order valence-electron chi connectivity index (χ3n) is 1.72. The third kappa shape index (κ3) is 5.66. The van der Waals surface area contributed by atoms with Crippen LogP contribution in [0.5, 0.6) is 0 Å². The molecule has 86 valence electrons. The van der Waals surface area contributed by atoms with Crippen LogP contribution in [0.2, 0.25) is 0 Å². The Kier molecular flexibility index (Phi) is 6.08. The van der Waals surface area contributed by atoms with E-state index >= 15 is 0 Å². The van der Waals surface area contributed by atoms with Crippen molar-refractivity contribution in [3.8, 4) is 0 Å². The maximum Gasteiger partial charge on any atom is 0.328 e. The molecule has 0 bridgehead atoms. The fraction of sp³-hybridized carbons (Fsp3) is 0.667.